The van der Waals surface area contributed by atoms with E-state index in [1.165, 1.54) is 22.0 Å². The third-order valence-electron chi connectivity index (χ3n) is 2.62. The van der Waals surface area contributed by atoms with Gasteiger partial charge < -0.3 is 9.67 Å². The van der Waals surface area contributed by atoms with Crippen LogP contribution in [0.1, 0.15) is 20.9 Å². The Labute approximate surface area is 112 Å². The van der Waals surface area contributed by atoms with Crippen LogP contribution in [0.25, 0.3) is 0 Å². The topological polar surface area (TPSA) is 59.3 Å². The van der Waals surface area contributed by atoms with Gasteiger partial charge in [-0.2, -0.15) is 0 Å². The smallest absolute Gasteiger partial charge is 0.341 e. The summed E-state index contributed by atoms with van der Waals surface area (Å²) in [7, 11) is 0. The van der Waals surface area contributed by atoms with E-state index in [4.69, 9.17) is 16.7 Å². The van der Waals surface area contributed by atoms with Crippen molar-refractivity contribution < 1.29 is 9.90 Å². The van der Waals surface area contributed by atoms with E-state index in [1.807, 2.05) is 5.38 Å². The molecule has 18 heavy (non-hydrogen) atoms. The molecule has 0 aliphatic carbocycles. The Morgan fingerprint density at radius 1 is 1.44 bits per heavy atom. The van der Waals surface area contributed by atoms with Gasteiger partial charge in [-0.25, -0.2) is 4.79 Å². The number of carboxylic acid groups (broad SMARTS) is 1. The lowest BCUT2D eigenvalue weighted by Gasteiger charge is -2.09. The Hall–Kier alpha value is -1.59. The van der Waals surface area contributed by atoms with Gasteiger partial charge in [0.2, 0.25) is 0 Å². The van der Waals surface area contributed by atoms with Gasteiger partial charge in [-0.05, 0) is 30.5 Å². The largest absolute Gasteiger partial charge is 0.477 e. The first-order chi connectivity index (χ1) is 8.50. The van der Waals surface area contributed by atoms with Crippen LogP contribution in [0.4, 0.5) is 0 Å². The molecule has 0 amide bonds. The number of aromatic carboxylic acids is 1. The van der Waals surface area contributed by atoms with Crippen molar-refractivity contribution in [1.29, 1.82) is 0 Å². The molecule has 0 fully saturated rings. The lowest BCUT2D eigenvalue weighted by molar-refractivity contribution is 0.0694. The number of rotatable bonds is 3. The number of carboxylic acids is 1. The molecular formula is C12H10ClNO3S. The van der Waals surface area contributed by atoms with Crippen LogP contribution in [0.3, 0.4) is 0 Å². The third kappa shape index (κ3) is 2.32. The first kappa shape index (κ1) is 12.9. The minimum atomic E-state index is -1.22. The van der Waals surface area contributed by atoms with Gasteiger partial charge in [0.05, 0.1) is 11.6 Å². The van der Waals surface area contributed by atoms with Crippen molar-refractivity contribution in [2.75, 3.05) is 0 Å². The molecule has 0 radical (unpaired) electrons. The molecule has 0 unspecified atom stereocenters. The second-order valence-electron chi connectivity index (χ2n) is 3.78. The van der Waals surface area contributed by atoms with Crippen molar-refractivity contribution in [3.8, 4) is 0 Å². The average molecular weight is 284 g/mol. The second-order valence-corrected chi connectivity index (χ2v) is 5.18. The molecule has 0 spiro atoms. The van der Waals surface area contributed by atoms with E-state index in [2.05, 4.69) is 0 Å². The highest BCUT2D eigenvalue weighted by Gasteiger charge is 2.13. The van der Waals surface area contributed by atoms with Crippen molar-refractivity contribution >= 4 is 28.9 Å². The summed E-state index contributed by atoms with van der Waals surface area (Å²) in [4.78, 5) is 23.8. The van der Waals surface area contributed by atoms with E-state index in [0.717, 1.165) is 4.88 Å². The monoisotopic (exact) mass is 283 g/mol. The lowest BCUT2D eigenvalue weighted by atomic mass is 10.2. The minimum Gasteiger partial charge on any atom is -0.477 e. The van der Waals surface area contributed by atoms with Crippen molar-refractivity contribution in [3.05, 3.63) is 55.1 Å². The minimum absolute atomic E-state index is 0.228. The summed E-state index contributed by atoms with van der Waals surface area (Å²) in [5, 5.41) is 11.3. The van der Waals surface area contributed by atoms with Crippen molar-refractivity contribution in [2.45, 2.75) is 13.5 Å². The van der Waals surface area contributed by atoms with Crippen LogP contribution in [0.15, 0.2) is 28.4 Å². The molecule has 0 aliphatic heterocycles. The molecule has 2 rings (SSSR count). The summed E-state index contributed by atoms with van der Waals surface area (Å²) in [5.74, 6) is -1.22. The molecule has 0 saturated heterocycles. The number of halogens is 1. The number of thiophene rings is 1. The summed E-state index contributed by atoms with van der Waals surface area (Å²) in [5.41, 5.74) is -0.0327. The molecule has 0 saturated carbocycles. The van der Waals surface area contributed by atoms with E-state index in [0.29, 0.717) is 17.3 Å². The van der Waals surface area contributed by atoms with Crippen LogP contribution >= 0.6 is 22.9 Å². The highest BCUT2D eigenvalue weighted by atomic mass is 35.5. The molecule has 1 N–H and O–H groups in total. The fraction of sp³-hybridized carbons (Fsp3) is 0.167. The van der Waals surface area contributed by atoms with Gasteiger partial charge in [0, 0.05) is 10.6 Å². The molecule has 0 aromatic carbocycles. The number of hydrogen-bond acceptors (Lipinski definition) is 3. The zero-order chi connectivity index (χ0) is 13.3. The maximum absolute atomic E-state index is 12.0. The highest BCUT2D eigenvalue weighted by molar-refractivity contribution is 7.10. The maximum Gasteiger partial charge on any atom is 0.341 e. The second kappa shape index (κ2) is 4.96. The zero-order valence-electron chi connectivity index (χ0n) is 9.51. The number of hydrogen-bond donors (Lipinski definition) is 1. The molecule has 4 nitrogen and oxygen atoms in total. The van der Waals surface area contributed by atoms with E-state index in [1.54, 1.807) is 19.1 Å². The molecule has 6 heteroatoms. The van der Waals surface area contributed by atoms with Gasteiger partial charge in [-0.15, -0.1) is 11.3 Å². The first-order valence-electron chi connectivity index (χ1n) is 5.16. The van der Waals surface area contributed by atoms with Crippen LogP contribution in [0, 0.1) is 6.92 Å². The van der Waals surface area contributed by atoms with Crippen LogP contribution in [0.2, 0.25) is 5.02 Å². The Morgan fingerprint density at radius 3 is 2.72 bits per heavy atom. The average Bonchev–Trinajstić information content (AvgIpc) is 2.69. The molecular weight excluding hydrogens is 274 g/mol. The number of aryl methyl sites for hydroxylation is 1. The fourth-order valence-electron chi connectivity index (χ4n) is 1.61. The third-order valence-corrected chi connectivity index (χ3v) is 3.99. The Bertz CT molecular complexity index is 660. The lowest BCUT2D eigenvalue weighted by Crippen LogP contribution is -2.28. The molecule has 0 aliphatic rings. The van der Waals surface area contributed by atoms with Crippen molar-refractivity contribution in [2.24, 2.45) is 0 Å². The Balaban J connectivity index is 2.51. The van der Waals surface area contributed by atoms with Gasteiger partial charge in [-0.1, -0.05) is 11.6 Å². The van der Waals surface area contributed by atoms with Gasteiger partial charge in [0.25, 0.3) is 5.56 Å². The van der Waals surface area contributed by atoms with Crippen LogP contribution in [-0.2, 0) is 6.54 Å². The summed E-state index contributed by atoms with van der Waals surface area (Å²) < 4.78 is 1.42. The number of carbonyl (C=O) groups is 1. The Kier molecular flexibility index (Phi) is 3.54. The van der Waals surface area contributed by atoms with E-state index in [9.17, 15) is 9.59 Å². The van der Waals surface area contributed by atoms with E-state index in [-0.39, 0.29) is 5.56 Å². The van der Waals surface area contributed by atoms with Crippen molar-refractivity contribution in [3.63, 3.8) is 0 Å². The predicted octanol–water partition coefficient (Wildman–Crippen LogP) is 2.62. The molecule has 94 valence electrons. The normalized spacial score (nSPS) is 10.6. The summed E-state index contributed by atoms with van der Waals surface area (Å²) in [6, 6.07) is 4.70. The van der Waals surface area contributed by atoms with Gasteiger partial charge in [-0.3, -0.25) is 4.79 Å². The molecule has 2 heterocycles. The zero-order valence-corrected chi connectivity index (χ0v) is 11.1. The first-order valence-corrected chi connectivity index (χ1v) is 6.42. The van der Waals surface area contributed by atoms with Gasteiger partial charge >= 0.3 is 5.97 Å². The van der Waals surface area contributed by atoms with Gasteiger partial charge in [0.1, 0.15) is 5.56 Å². The molecule has 2 aromatic rings. The predicted molar refractivity (Wildman–Crippen MR) is 70.8 cm³/mol. The number of aromatic nitrogens is 1. The maximum atomic E-state index is 12.0. The number of nitrogens with zero attached hydrogens (tertiary/aromatic N) is 1. The fourth-order valence-corrected chi connectivity index (χ4v) is 2.70. The molecule has 0 atom stereocenters. The van der Waals surface area contributed by atoms with E-state index >= 15 is 0 Å². The summed E-state index contributed by atoms with van der Waals surface area (Å²) >= 11 is 7.41. The SMILES string of the molecule is Cc1ccc(C(=O)O)c(=O)n1Cc1sccc1Cl. The Morgan fingerprint density at radius 2 is 2.17 bits per heavy atom. The van der Waals surface area contributed by atoms with E-state index < -0.39 is 11.5 Å². The van der Waals surface area contributed by atoms with Crippen LogP contribution in [-0.4, -0.2) is 15.6 Å². The summed E-state index contributed by atoms with van der Waals surface area (Å²) in [6.45, 7) is 2.05. The quantitative estimate of drug-likeness (QED) is 0.942. The van der Waals surface area contributed by atoms with Crippen LogP contribution in [0.5, 0.6) is 0 Å². The highest BCUT2D eigenvalue weighted by Crippen LogP contribution is 2.22. The van der Waals surface area contributed by atoms with Gasteiger partial charge in [0.15, 0.2) is 0 Å². The summed E-state index contributed by atoms with van der Waals surface area (Å²) in [6.07, 6.45) is 0. The van der Waals surface area contributed by atoms with Crippen LogP contribution < -0.4 is 5.56 Å². The molecule has 2 aromatic heterocycles. The standard InChI is InChI=1S/C12H10ClNO3S/c1-7-2-3-8(12(16)17)11(15)14(7)6-10-9(13)4-5-18-10/h2-5H,6H2,1H3,(H,16,17). The molecule has 0 bridgehead atoms. The number of pyridine rings is 1. The van der Waals surface area contributed by atoms with Crippen molar-refractivity contribution in [1.82, 2.24) is 4.57 Å².